The van der Waals surface area contributed by atoms with Crippen LogP contribution >= 0.6 is 39.1 Å². The lowest BCUT2D eigenvalue weighted by Crippen LogP contribution is -2.54. The van der Waals surface area contributed by atoms with E-state index in [0.717, 1.165) is 20.5 Å². The summed E-state index contributed by atoms with van der Waals surface area (Å²) in [7, 11) is 0. The Balaban J connectivity index is 1.74. The number of ether oxygens (including phenoxy) is 1. The summed E-state index contributed by atoms with van der Waals surface area (Å²) in [6.07, 6.45) is 1.89. The second kappa shape index (κ2) is 10.6. The SMILES string of the molecule is CCOc1cc(/C=C2\C(=O)NC(=O)N(c3ccccc3Cl)C2=O)cc(Cl)c1Cc1ccccc1Br. The van der Waals surface area contributed by atoms with Gasteiger partial charge in [-0.3, -0.25) is 14.9 Å². The van der Waals surface area contributed by atoms with Gasteiger partial charge in [0.2, 0.25) is 0 Å². The summed E-state index contributed by atoms with van der Waals surface area (Å²) in [5, 5.41) is 2.81. The average Bonchev–Trinajstić information content (AvgIpc) is 2.81. The van der Waals surface area contributed by atoms with Crippen LogP contribution in [0.5, 0.6) is 5.75 Å². The number of benzene rings is 3. The molecule has 0 aromatic heterocycles. The van der Waals surface area contributed by atoms with Gasteiger partial charge in [-0.2, -0.15) is 0 Å². The molecular weight excluding hydrogens is 555 g/mol. The molecule has 1 aliphatic rings. The lowest BCUT2D eigenvalue weighted by molar-refractivity contribution is -0.122. The van der Waals surface area contributed by atoms with E-state index in [4.69, 9.17) is 27.9 Å². The molecule has 3 aromatic carbocycles. The third-order valence-electron chi connectivity index (χ3n) is 5.31. The molecule has 9 heteroatoms. The van der Waals surface area contributed by atoms with Gasteiger partial charge in [0.15, 0.2) is 0 Å². The second-order valence-electron chi connectivity index (χ2n) is 7.59. The number of nitrogens with one attached hydrogen (secondary N) is 1. The van der Waals surface area contributed by atoms with Crippen LogP contribution in [0.2, 0.25) is 10.0 Å². The maximum absolute atomic E-state index is 13.2. The number of imide groups is 2. The number of nitrogens with zero attached hydrogens (tertiary/aromatic N) is 1. The van der Waals surface area contributed by atoms with Gasteiger partial charge in [-0.05, 0) is 54.5 Å². The van der Waals surface area contributed by atoms with Gasteiger partial charge in [0.25, 0.3) is 11.8 Å². The first-order valence-corrected chi connectivity index (χ1v) is 12.2. The molecule has 1 heterocycles. The third-order valence-corrected chi connectivity index (χ3v) is 6.74. The van der Waals surface area contributed by atoms with Crippen molar-refractivity contribution in [2.75, 3.05) is 11.5 Å². The van der Waals surface area contributed by atoms with E-state index in [1.807, 2.05) is 31.2 Å². The number of anilines is 1. The molecule has 0 bridgehead atoms. The first kappa shape index (κ1) is 25.0. The van der Waals surface area contributed by atoms with Crippen molar-refractivity contribution in [3.05, 3.63) is 97.4 Å². The predicted molar refractivity (Wildman–Crippen MR) is 140 cm³/mol. The minimum absolute atomic E-state index is 0.173. The van der Waals surface area contributed by atoms with Gasteiger partial charge in [-0.15, -0.1) is 0 Å². The number of para-hydroxylation sites is 1. The molecule has 3 aromatic rings. The Morgan fingerprint density at radius 3 is 2.43 bits per heavy atom. The van der Waals surface area contributed by atoms with Gasteiger partial charge >= 0.3 is 6.03 Å². The Hall–Kier alpha value is -3.13. The topological polar surface area (TPSA) is 75.7 Å². The van der Waals surface area contributed by atoms with Gasteiger partial charge in [0.05, 0.1) is 17.3 Å². The lowest BCUT2D eigenvalue weighted by atomic mass is 10.0. The molecule has 0 aliphatic carbocycles. The smallest absolute Gasteiger partial charge is 0.335 e. The molecule has 4 rings (SSSR count). The monoisotopic (exact) mass is 572 g/mol. The van der Waals surface area contributed by atoms with Crippen LogP contribution in [0.3, 0.4) is 0 Å². The quantitative estimate of drug-likeness (QED) is 0.273. The minimum Gasteiger partial charge on any atom is -0.494 e. The fraction of sp³-hybridized carbons (Fsp3) is 0.115. The predicted octanol–water partition coefficient (Wildman–Crippen LogP) is 6.41. The normalized spacial score (nSPS) is 14.9. The number of hydrogen-bond acceptors (Lipinski definition) is 4. The summed E-state index contributed by atoms with van der Waals surface area (Å²) in [4.78, 5) is 39.0. The van der Waals surface area contributed by atoms with Crippen LogP contribution in [-0.2, 0) is 16.0 Å². The number of barbiturate groups is 1. The first-order valence-electron chi connectivity index (χ1n) is 10.6. The Morgan fingerprint density at radius 1 is 1.00 bits per heavy atom. The second-order valence-corrected chi connectivity index (χ2v) is 9.26. The van der Waals surface area contributed by atoms with E-state index >= 15 is 0 Å². The standard InChI is InChI=1S/C26H19BrCl2N2O4/c1-2-35-23-13-15(12-21(29)17(23)14-16-7-3-4-8-19(16)27)11-18-24(32)30-26(34)31(25(18)33)22-10-6-5-9-20(22)28/h3-13H,2,14H2,1H3,(H,30,32,34)/b18-11+. The van der Waals surface area contributed by atoms with Crippen LogP contribution in [-0.4, -0.2) is 24.5 Å². The van der Waals surface area contributed by atoms with Crippen molar-refractivity contribution in [2.24, 2.45) is 0 Å². The summed E-state index contributed by atoms with van der Waals surface area (Å²) in [6, 6.07) is 16.7. The van der Waals surface area contributed by atoms with Crippen molar-refractivity contribution in [2.45, 2.75) is 13.3 Å². The first-order chi connectivity index (χ1) is 16.8. The van der Waals surface area contributed by atoms with E-state index in [2.05, 4.69) is 21.2 Å². The van der Waals surface area contributed by atoms with E-state index in [9.17, 15) is 14.4 Å². The lowest BCUT2D eigenvalue weighted by Gasteiger charge is -2.27. The Kier molecular flexibility index (Phi) is 7.60. The summed E-state index contributed by atoms with van der Waals surface area (Å²) in [5.41, 5.74) is 2.21. The molecule has 1 aliphatic heterocycles. The van der Waals surface area contributed by atoms with Crippen LogP contribution in [0, 0.1) is 0 Å². The van der Waals surface area contributed by atoms with E-state index < -0.39 is 17.8 Å². The molecular formula is C26H19BrCl2N2O4. The maximum atomic E-state index is 13.2. The van der Waals surface area contributed by atoms with Crippen LogP contribution < -0.4 is 15.0 Å². The largest absolute Gasteiger partial charge is 0.494 e. The highest BCUT2D eigenvalue weighted by Gasteiger charge is 2.37. The number of urea groups is 1. The Bertz CT molecular complexity index is 1370. The Labute approximate surface area is 220 Å². The average molecular weight is 574 g/mol. The molecule has 178 valence electrons. The molecule has 1 N–H and O–H groups in total. The molecule has 6 nitrogen and oxygen atoms in total. The number of rotatable bonds is 6. The van der Waals surface area contributed by atoms with Crippen molar-refractivity contribution < 1.29 is 19.1 Å². The summed E-state index contributed by atoms with van der Waals surface area (Å²) >= 11 is 16.4. The number of carbonyl (C=O) groups is 3. The molecule has 0 spiro atoms. The number of carbonyl (C=O) groups excluding carboxylic acids is 3. The van der Waals surface area contributed by atoms with Gasteiger partial charge in [-0.25, -0.2) is 9.69 Å². The summed E-state index contributed by atoms with van der Waals surface area (Å²) in [6.45, 7) is 2.25. The van der Waals surface area contributed by atoms with E-state index in [0.29, 0.717) is 29.4 Å². The van der Waals surface area contributed by atoms with E-state index in [1.165, 1.54) is 12.1 Å². The fourth-order valence-electron chi connectivity index (χ4n) is 3.68. The number of halogens is 3. The highest BCUT2D eigenvalue weighted by Crippen LogP contribution is 2.34. The zero-order chi connectivity index (χ0) is 25.1. The molecule has 4 amide bonds. The maximum Gasteiger partial charge on any atom is 0.335 e. The molecule has 0 unspecified atom stereocenters. The molecule has 1 fully saturated rings. The van der Waals surface area contributed by atoms with E-state index in [-0.39, 0.29) is 16.3 Å². The molecule has 0 saturated carbocycles. The summed E-state index contributed by atoms with van der Waals surface area (Å²) in [5.74, 6) is -1.07. The van der Waals surface area contributed by atoms with Gasteiger partial charge in [-0.1, -0.05) is 69.5 Å². The van der Waals surface area contributed by atoms with Crippen molar-refractivity contribution in [1.82, 2.24) is 5.32 Å². The highest BCUT2D eigenvalue weighted by atomic mass is 79.9. The van der Waals surface area contributed by atoms with Gasteiger partial charge in [0.1, 0.15) is 11.3 Å². The zero-order valence-electron chi connectivity index (χ0n) is 18.5. The zero-order valence-corrected chi connectivity index (χ0v) is 21.6. The number of hydrogen-bond donors (Lipinski definition) is 1. The fourth-order valence-corrected chi connectivity index (χ4v) is 4.61. The highest BCUT2D eigenvalue weighted by molar-refractivity contribution is 9.10. The van der Waals surface area contributed by atoms with E-state index in [1.54, 1.807) is 30.3 Å². The van der Waals surface area contributed by atoms with Crippen molar-refractivity contribution in [3.63, 3.8) is 0 Å². The van der Waals surface area contributed by atoms with Crippen LogP contribution in [0.25, 0.3) is 6.08 Å². The van der Waals surface area contributed by atoms with Crippen molar-refractivity contribution in [3.8, 4) is 5.75 Å². The van der Waals surface area contributed by atoms with Crippen LogP contribution in [0.15, 0.2) is 70.7 Å². The van der Waals surface area contributed by atoms with Crippen LogP contribution in [0.4, 0.5) is 10.5 Å². The molecule has 0 atom stereocenters. The molecule has 1 saturated heterocycles. The van der Waals surface area contributed by atoms with Crippen molar-refractivity contribution in [1.29, 1.82) is 0 Å². The Morgan fingerprint density at radius 2 is 1.71 bits per heavy atom. The number of amides is 4. The van der Waals surface area contributed by atoms with Gasteiger partial charge in [0, 0.05) is 21.5 Å². The van der Waals surface area contributed by atoms with Crippen molar-refractivity contribution >= 4 is 68.7 Å². The summed E-state index contributed by atoms with van der Waals surface area (Å²) < 4.78 is 6.78. The third kappa shape index (κ3) is 5.27. The molecule has 0 radical (unpaired) electrons. The van der Waals surface area contributed by atoms with Crippen LogP contribution in [0.1, 0.15) is 23.6 Å². The van der Waals surface area contributed by atoms with Gasteiger partial charge < -0.3 is 4.74 Å². The minimum atomic E-state index is -0.873. The molecule has 35 heavy (non-hydrogen) atoms.